The van der Waals surface area contributed by atoms with Crippen molar-refractivity contribution in [2.75, 3.05) is 5.32 Å². The molecule has 0 saturated heterocycles. The van der Waals surface area contributed by atoms with Crippen molar-refractivity contribution in [2.45, 2.75) is 33.7 Å². The van der Waals surface area contributed by atoms with Crippen LogP contribution in [0.3, 0.4) is 0 Å². The maximum absolute atomic E-state index is 5.22. The first-order valence-corrected chi connectivity index (χ1v) is 6.35. The number of hydrogen-bond donors (Lipinski definition) is 1. The van der Waals surface area contributed by atoms with Gasteiger partial charge in [0.25, 0.3) is 0 Å². The van der Waals surface area contributed by atoms with E-state index in [1.165, 1.54) is 0 Å². The molecule has 0 saturated carbocycles. The lowest BCUT2D eigenvalue weighted by Crippen LogP contribution is -2.21. The molecule has 2 rings (SSSR count). The first-order valence-electron chi connectivity index (χ1n) is 6.35. The van der Waals surface area contributed by atoms with E-state index in [0.717, 1.165) is 16.9 Å². The second-order valence-corrected chi connectivity index (χ2v) is 5.01. The fraction of sp³-hybridized carbons (Fsp3) is 0.400. The van der Waals surface area contributed by atoms with E-state index in [1.807, 2.05) is 6.92 Å². The smallest absolute Gasteiger partial charge is 0.191 e. The van der Waals surface area contributed by atoms with E-state index < -0.39 is 0 Å². The van der Waals surface area contributed by atoms with Crippen molar-refractivity contribution >= 4 is 5.69 Å². The van der Waals surface area contributed by atoms with Crippen molar-refractivity contribution in [1.29, 1.82) is 0 Å². The molecule has 1 aromatic heterocycles. The zero-order chi connectivity index (χ0) is 13.1. The van der Waals surface area contributed by atoms with Crippen molar-refractivity contribution < 1.29 is 4.42 Å². The van der Waals surface area contributed by atoms with Crippen LogP contribution in [0.2, 0.25) is 0 Å². The number of rotatable bonds is 4. The number of aryl methyl sites for hydroxylation is 1. The van der Waals surface area contributed by atoms with Gasteiger partial charge in [-0.25, -0.2) is 4.98 Å². The number of benzene rings is 1. The second-order valence-electron chi connectivity index (χ2n) is 5.01. The molecule has 0 aliphatic carbocycles. The van der Waals surface area contributed by atoms with Crippen LogP contribution in [0.25, 0.3) is 11.3 Å². The number of anilines is 1. The van der Waals surface area contributed by atoms with Gasteiger partial charge < -0.3 is 9.73 Å². The minimum Gasteiger partial charge on any atom is -0.449 e. The molecule has 0 aliphatic rings. The molecule has 0 spiro atoms. The summed E-state index contributed by atoms with van der Waals surface area (Å²) in [5.41, 5.74) is 3.10. The van der Waals surface area contributed by atoms with Crippen LogP contribution in [-0.2, 0) is 0 Å². The third kappa shape index (κ3) is 2.92. The van der Waals surface area contributed by atoms with Gasteiger partial charge in [0.1, 0.15) is 12.0 Å². The quantitative estimate of drug-likeness (QED) is 0.879. The van der Waals surface area contributed by atoms with Gasteiger partial charge in [-0.05, 0) is 25.0 Å². The average Bonchev–Trinajstić information content (AvgIpc) is 2.76. The van der Waals surface area contributed by atoms with E-state index >= 15 is 0 Å². The van der Waals surface area contributed by atoms with E-state index in [1.54, 1.807) is 6.26 Å². The molecule has 1 aromatic carbocycles. The number of hydrogen-bond acceptors (Lipinski definition) is 3. The summed E-state index contributed by atoms with van der Waals surface area (Å²) in [6.45, 7) is 8.47. The molecule has 1 N–H and O–H groups in total. The number of aromatic nitrogens is 1. The average molecular weight is 244 g/mol. The minimum atomic E-state index is 0.463. The number of nitrogens with one attached hydrogen (secondary N) is 1. The lowest BCUT2D eigenvalue weighted by molar-refractivity contribution is 0.521. The van der Waals surface area contributed by atoms with Gasteiger partial charge in [0.15, 0.2) is 5.89 Å². The lowest BCUT2D eigenvalue weighted by atomic mass is 10.1. The van der Waals surface area contributed by atoms with E-state index in [2.05, 4.69) is 55.3 Å². The third-order valence-electron chi connectivity index (χ3n) is 3.19. The molecule has 0 fully saturated rings. The monoisotopic (exact) mass is 244 g/mol. The summed E-state index contributed by atoms with van der Waals surface area (Å²) in [6, 6.07) is 8.75. The summed E-state index contributed by atoms with van der Waals surface area (Å²) < 4.78 is 5.22. The van der Waals surface area contributed by atoms with Crippen LogP contribution in [-0.4, -0.2) is 11.0 Å². The maximum Gasteiger partial charge on any atom is 0.191 e. The van der Waals surface area contributed by atoms with Crippen LogP contribution in [0.1, 0.15) is 26.7 Å². The SMILES string of the molecule is Cc1nc(-c2ccc(NC(C)C(C)C)cc2)co1. The Bertz CT molecular complexity index is 499. The molecule has 1 atom stereocenters. The maximum atomic E-state index is 5.22. The Morgan fingerprint density at radius 3 is 2.28 bits per heavy atom. The van der Waals surface area contributed by atoms with Gasteiger partial charge in [-0.3, -0.25) is 0 Å². The van der Waals surface area contributed by atoms with Crippen LogP contribution in [0, 0.1) is 12.8 Å². The first kappa shape index (κ1) is 12.7. The van der Waals surface area contributed by atoms with Crippen molar-refractivity contribution in [3.63, 3.8) is 0 Å². The summed E-state index contributed by atoms with van der Waals surface area (Å²) in [5, 5.41) is 3.48. The highest BCUT2D eigenvalue weighted by molar-refractivity contribution is 5.61. The van der Waals surface area contributed by atoms with Crippen molar-refractivity contribution in [1.82, 2.24) is 4.98 Å². The van der Waals surface area contributed by atoms with Gasteiger partial charge in [-0.1, -0.05) is 26.0 Å². The molecule has 96 valence electrons. The molecule has 3 heteroatoms. The highest BCUT2D eigenvalue weighted by Gasteiger charge is 2.07. The summed E-state index contributed by atoms with van der Waals surface area (Å²) >= 11 is 0. The standard InChI is InChI=1S/C15H20N2O/c1-10(2)11(3)16-14-7-5-13(6-8-14)15-9-18-12(4)17-15/h5-11,16H,1-4H3. The Labute approximate surface area is 108 Å². The van der Waals surface area contributed by atoms with Gasteiger partial charge in [0, 0.05) is 24.2 Å². The van der Waals surface area contributed by atoms with Crippen LogP contribution in [0.5, 0.6) is 0 Å². The fourth-order valence-electron chi connectivity index (χ4n) is 1.66. The van der Waals surface area contributed by atoms with Crippen LogP contribution >= 0.6 is 0 Å². The van der Waals surface area contributed by atoms with E-state index in [-0.39, 0.29) is 0 Å². The Hall–Kier alpha value is -1.77. The highest BCUT2D eigenvalue weighted by Crippen LogP contribution is 2.21. The lowest BCUT2D eigenvalue weighted by Gasteiger charge is -2.18. The molecule has 0 radical (unpaired) electrons. The van der Waals surface area contributed by atoms with E-state index in [4.69, 9.17) is 4.42 Å². The number of oxazole rings is 1. The van der Waals surface area contributed by atoms with Gasteiger partial charge in [-0.15, -0.1) is 0 Å². The molecule has 0 aliphatic heterocycles. The minimum absolute atomic E-state index is 0.463. The summed E-state index contributed by atoms with van der Waals surface area (Å²) in [7, 11) is 0. The molecule has 0 amide bonds. The van der Waals surface area contributed by atoms with Crippen LogP contribution < -0.4 is 5.32 Å². The molecular formula is C15H20N2O. The summed E-state index contributed by atoms with van der Waals surface area (Å²) in [4.78, 5) is 4.31. The molecule has 0 bridgehead atoms. The molecule has 1 unspecified atom stereocenters. The van der Waals surface area contributed by atoms with E-state index in [0.29, 0.717) is 17.9 Å². The molecular weight excluding hydrogens is 224 g/mol. The zero-order valence-electron chi connectivity index (χ0n) is 11.4. The van der Waals surface area contributed by atoms with Crippen molar-refractivity contribution in [2.24, 2.45) is 5.92 Å². The van der Waals surface area contributed by atoms with Crippen molar-refractivity contribution in [3.8, 4) is 11.3 Å². The zero-order valence-corrected chi connectivity index (χ0v) is 11.4. The van der Waals surface area contributed by atoms with Crippen molar-refractivity contribution in [3.05, 3.63) is 36.4 Å². The topological polar surface area (TPSA) is 38.1 Å². The summed E-state index contributed by atoms with van der Waals surface area (Å²) in [6.07, 6.45) is 1.69. The van der Waals surface area contributed by atoms with Gasteiger partial charge in [0.05, 0.1) is 0 Å². The first-order chi connectivity index (χ1) is 8.56. The second kappa shape index (κ2) is 5.25. The highest BCUT2D eigenvalue weighted by atomic mass is 16.3. The molecule has 3 nitrogen and oxygen atoms in total. The van der Waals surface area contributed by atoms with Crippen LogP contribution in [0.4, 0.5) is 5.69 Å². The summed E-state index contributed by atoms with van der Waals surface area (Å²) in [5.74, 6) is 1.31. The molecule has 2 aromatic rings. The third-order valence-corrected chi connectivity index (χ3v) is 3.19. The van der Waals surface area contributed by atoms with E-state index in [9.17, 15) is 0 Å². The normalized spacial score (nSPS) is 12.7. The Kier molecular flexibility index (Phi) is 3.70. The Morgan fingerprint density at radius 1 is 1.11 bits per heavy atom. The Morgan fingerprint density at radius 2 is 1.78 bits per heavy atom. The van der Waals surface area contributed by atoms with Gasteiger partial charge in [0.2, 0.25) is 0 Å². The van der Waals surface area contributed by atoms with Gasteiger partial charge in [-0.2, -0.15) is 0 Å². The molecule has 1 heterocycles. The predicted molar refractivity (Wildman–Crippen MR) is 74.6 cm³/mol. The largest absolute Gasteiger partial charge is 0.449 e. The molecule has 18 heavy (non-hydrogen) atoms. The van der Waals surface area contributed by atoms with Gasteiger partial charge >= 0.3 is 0 Å². The van der Waals surface area contributed by atoms with Crippen LogP contribution in [0.15, 0.2) is 34.9 Å². The predicted octanol–water partition coefficient (Wildman–Crippen LogP) is 4.11. The fourth-order valence-corrected chi connectivity index (χ4v) is 1.66. The number of nitrogens with zero attached hydrogens (tertiary/aromatic N) is 1. The Balaban J connectivity index is 2.10.